The molecule has 2 rings (SSSR count). The molecule has 0 bridgehead atoms. The zero-order valence-electron chi connectivity index (χ0n) is 11.1. The highest BCUT2D eigenvalue weighted by atomic mass is 32.2. The summed E-state index contributed by atoms with van der Waals surface area (Å²) in [6.45, 7) is 2.01. The highest BCUT2D eigenvalue weighted by molar-refractivity contribution is 7.99. The minimum atomic E-state index is 0.781. The number of ether oxygens (including phenoxy) is 1. The van der Waals surface area contributed by atoms with Gasteiger partial charge in [-0.05, 0) is 43.9 Å². The van der Waals surface area contributed by atoms with Crippen molar-refractivity contribution in [1.29, 1.82) is 0 Å². The molecule has 0 spiro atoms. The monoisotopic (exact) mass is 257 g/mol. The van der Waals surface area contributed by atoms with Crippen LogP contribution >= 0.6 is 11.8 Å². The van der Waals surface area contributed by atoms with Gasteiger partial charge in [0.1, 0.15) is 0 Å². The summed E-state index contributed by atoms with van der Waals surface area (Å²) in [6.07, 6.45) is 8.34. The van der Waals surface area contributed by atoms with E-state index in [9.17, 15) is 0 Å². The van der Waals surface area contributed by atoms with Crippen LogP contribution in [0, 0.1) is 11.8 Å². The Labute approximate surface area is 110 Å². The van der Waals surface area contributed by atoms with Gasteiger partial charge in [0.25, 0.3) is 0 Å². The summed E-state index contributed by atoms with van der Waals surface area (Å²) in [7, 11) is 2.12. The first kappa shape index (κ1) is 13.7. The summed E-state index contributed by atoms with van der Waals surface area (Å²) >= 11 is 2.12. The van der Waals surface area contributed by atoms with E-state index in [1.807, 2.05) is 0 Å². The van der Waals surface area contributed by atoms with Gasteiger partial charge in [0.2, 0.25) is 0 Å². The van der Waals surface area contributed by atoms with Crippen LogP contribution in [0.1, 0.15) is 38.5 Å². The van der Waals surface area contributed by atoms with E-state index < -0.39 is 0 Å². The number of nitrogens with one attached hydrogen (secondary N) is 1. The number of thioether (sulfide) groups is 1. The summed E-state index contributed by atoms with van der Waals surface area (Å²) in [6, 6.07) is 0.781. The lowest BCUT2D eigenvalue weighted by Crippen LogP contribution is -2.32. The molecule has 100 valence electrons. The van der Waals surface area contributed by atoms with E-state index in [4.69, 9.17) is 4.74 Å². The highest BCUT2D eigenvalue weighted by Gasteiger charge is 2.25. The van der Waals surface area contributed by atoms with E-state index in [1.54, 1.807) is 0 Å². The first-order valence-electron chi connectivity index (χ1n) is 7.23. The van der Waals surface area contributed by atoms with Gasteiger partial charge < -0.3 is 10.1 Å². The zero-order chi connectivity index (χ0) is 11.9. The van der Waals surface area contributed by atoms with Gasteiger partial charge in [-0.2, -0.15) is 11.8 Å². The van der Waals surface area contributed by atoms with Gasteiger partial charge in [-0.3, -0.25) is 0 Å². The molecule has 2 unspecified atom stereocenters. The van der Waals surface area contributed by atoms with Crippen LogP contribution in [0.2, 0.25) is 0 Å². The third-order valence-corrected chi connectivity index (χ3v) is 5.61. The van der Waals surface area contributed by atoms with E-state index >= 15 is 0 Å². The minimum Gasteiger partial charge on any atom is -0.381 e. The maximum atomic E-state index is 5.40. The largest absolute Gasteiger partial charge is 0.381 e. The van der Waals surface area contributed by atoms with Crippen LogP contribution in [0.3, 0.4) is 0 Å². The van der Waals surface area contributed by atoms with Gasteiger partial charge in [0.15, 0.2) is 0 Å². The summed E-state index contributed by atoms with van der Waals surface area (Å²) in [5, 5.41) is 3.47. The Morgan fingerprint density at radius 1 is 1.12 bits per heavy atom. The SMILES string of the molecule is CNC1CSCC1CCCCC1CCOCC1. The zero-order valence-corrected chi connectivity index (χ0v) is 11.9. The lowest BCUT2D eigenvalue weighted by molar-refractivity contribution is 0.0630. The smallest absolute Gasteiger partial charge is 0.0468 e. The Balaban J connectivity index is 1.53. The van der Waals surface area contributed by atoms with Crippen LogP contribution in [0.25, 0.3) is 0 Å². The van der Waals surface area contributed by atoms with Crippen molar-refractivity contribution in [2.45, 2.75) is 44.6 Å². The quantitative estimate of drug-likeness (QED) is 0.739. The van der Waals surface area contributed by atoms with Crippen LogP contribution in [-0.2, 0) is 4.74 Å². The first-order chi connectivity index (χ1) is 8.40. The van der Waals surface area contributed by atoms with Crippen molar-refractivity contribution in [3.63, 3.8) is 0 Å². The Bertz CT molecular complexity index is 206. The second kappa shape index (κ2) is 7.65. The molecule has 2 heterocycles. The summed E-state index contributed by atoms with van der Waals surface area (Å²) in [5.74, 6) is 4.59. The third kappa shape index (κ3) is 4.46. The van der Waals surface area contributed by atoms with Crippen LogP contribution in [0.4, 0.5) is 0 Å². The van der Waals surface area contributed by atoms with Gasteiger partial charge in [0, 0.05) is 25.0 Å². The Hall–Kier alpha value is 0.270. The molecule has 17 heavy (non-hydrogen) atoms. The molecule has 0 aromatic carbocycles. The van der Waals surface area contributed by atoms with Crippen molar-refractivity contribution < 1.29 is 4.74 Å². The second-order valence-corrected chi connectivity index (χ2v) is 6.61. The van der Waals surface area contributed by atoms with Crippen LogP contribution in [-0.4, -0.2) is 37.8 Å². The van der Waals surface area contributed by atoms with Gasteiger partial charge in [0.05, 0.1) is 0 Å². The van der Waals surface area contributed by atoms with Crippen LogP contribution < -0.4 is 5.32 Å². The summed E-state index contributed by atoms with van der Waals surface area (Å²) in [5.41, 5.74) is 0. The van der Waals surface area contributed by atoms with Gasteiger partial charge in [-0.25, -0.2) is 0 Å². The summed E-state index contributed by atoms with van der Waals surface area (Å²) < 4.78 is 5.40. The third-order valence-electron chi connectivity index (χ3n) is 4.35. The number of rotatable bonds is 6. The maximum absolute atomic E-state index is 5.40. The van der Waals surface area contributed by atoms with E-state index in [1.165, 1.54) is 50.0 Å². The lowest BCUT2D eigenvalue weighted by atomic mass is 9.91. The molecule has 2 nitrogen and oxygen atoms in total. The second-order valence-electron chi connectivity index (χ2n) is 5.53. The van der Waals surface area contributed by atoms with Crippen molar-refractivity contribution in [3.05, 3.63) is 0 Å². The molecule has 2 atom stereocenters. The van der Waals surface area contributed by atoms with Gasteiger partial charge in [-0.15, -0.1) is 0 Å². The minimum absolute atomic E-state index is 0.781. The highest BCUT2D eigenvalue weighted by Crippen LogP contribution is 2.29. The van der Waals surface area contributed by atoms with Gasteiger partial charge in [-0.1, -0.05) is 19.3 Å². The number of hydrogen-bond acceptors (Lipinski definition) is 3. The van der Waals surface area contributed by atoms with Crippen LogP contribution in [0.15, 0.2) is 0 Å². The van der Waals surface area contributed by atoms with Crippen molar-refractivity contribution in [2.75, 3.05) is 31.8 Å². The number of hydrogen-bond donors (Lipinski definition) is 1. The van der Waals surface area contributed by atoms with E-state index in [0.717, 1.165) is 31.1 Å². The average molecular weight is 257 g/mol. The fourth-order valence-corrected chi connectivity index (χ4v) is 4.61. The molecule has 0 radical (unpaired) electrons. The summed E-state index contributed by atoms with van der Waals surface area (Å²) in [4.78, 5) is 0. The Morgan fingerprint density at radius 2 is 1.88 bits per heavy atom. The molecule has 0 saturated carbocycles. The van der Waals surface area contributed by atoms with Gasteiger partial charge >= 0.3 is 0 Å². The van der Waals surface area contributed by atoms with E-state index in [0.29, 0.717) is 0 Å². The van der Waals surface area contributed by atoms with Crippen molar-refractivity contribution in [3.8, 4) is 0 Å². The molecule has 0 aromatic heterocycles. The molecular formula is C14H27NOS. The normalized spacial score (nSPS) is 30.9. The topological polar surface area (TPSA) is 21.3 Å². The van der Waals surface area contributed by atoms with E-state index in [-0.39, 0.29) is 0 Å². The first-order valence-corrected chi connectivity index (χ1v) is 8.38. The predicted octanol–water partition coefficient (Wildman–Crippen LogP) is 2.92. The van der Waals surface area contributed by atoms with Crippen LogP contribution in [0.5, 0.6) is 0 Å². The molecule has 2 aliphatic rings. The van der Waals surface area contributed by atoms with Crippen molar-refractivity contribution in [2.24, 2.45) is 11.8 Å². The maximum Gasteiger partial charge on any atom is 0.0468 e. The number of unbranched alkanes of at least 4 members (excludes halogenated alkanes) is 1. The fourth-order valence-electron chi connectivity index (χ4n) is 3.08. The van der Waals surface area contributed by atoms with Crippen molar-refractivity contribution in [1.82, 2.24) is 5.32 Å². The Morgan fingerprint density at radius 3 is 2.65 bits per heavy atom. The average Bonchev–Trinajstić information content (AvgIpc) is 2.83. The molecular weight excluding hydrogens is 230 g/mol. The molecule has 2 saturated heterocycles. The molecule has 0 aliphatic carbocycles. The van der Waals surface area contributed by atoms with Crippen molar-refractivity contribution >= 4 is 11.8 Å². The Kier molecular flexibility index (Phi) is 6.16. The van der Waals surface area contributed by atoms with E-state index in [2.05, 4.69) is 24.1 Å². The molecule has 1 N–H and O–H groups in total. The fraction of sp³-hybridized carbons (Fsp3) is 1.00. The predicted molar refractivity (Wildman–Crippen MR) is 75.7 cm³/mol. The molecule has 0 aromatic rings. The molecule has 2 fully saturated rings. The standard InChI is InChI=1S/C14H27NOS/c1-15-14-11-17-10-13(14)5-3-2-4-12-6-8-16-9-7-12/h12-15H,2-11H2,1H3. The lowest BCUT2D eigenvalue weighted by Gasteiger charge is -2.22. The molecule has 2 aliphatic heterocycles. The molecule has 0 amide bonds. The molecule has 3 heteroatoms.